The Balaban J connectivity index is 1.70. The summed E-state index contributed by atoms with van der Waals surface area (Å²) in [6.07, 6.45) is 0.805. The first-order chi connectivity index (χ1) is 11.6. The van der Waals surface area contributed by atoms with E-state index in [0.717, 1.165) is 34.1 Å². The molecule has 1 amide bonds. The molecular weight excluding hydrogens is 342 g/mol. The summed E-state index contributed by atoms with van der Waals surface area (Å²) in [7, 11) is 1.67. The molecule has 0 saturated carbocycles. The van der Waals surface area contributed by atoms with Gasteiger partial charge in [-0.2, -0.15) is 0 Å². The SMILES string of the molecule is COc1ccc(C)cc1CSCC(=O)NCCc1ccc(Cl)cc1. The molecule has 0 unspecified atom stereocenters. The molecule has 3 nitrogen and oxygen atoms in total. The number of ether oxygens (including phenoxy) is 1. The average Bonchev–Trinajstić information content (AvgIpc) is 2.57. The van der Waals surface area contributed by atoms with Gasteiger partial charge in [0.2, 0.25) is 5.91 Å². The van der Waals surface area contributed by atoms with Crippen molar-refractivity contribution in [2.24, 2.45) is 0 Å². The van der Waals surface area contributed by atoms with Crippen molar-refractivity contribution in [1.82, 2.24) is 5.32 Å². The highest BCUT2D eigenvalue weighted by molar-refractivity contribution is 7.99. The second-order valence-electron chi connectivity index (χ2n) is 5.53. The van der Waals surface area contributed by atoms with Gasteiger partial charge in [0.1, 0.15) is 5.75 Å². The minimum absolute atomic E-state index is 0.0561. The highest BCUT2D eigenvalue weighted by Crippen LogP contribution is 2.24. The quantitative estimate of drug-likeness (QED) is 0.762. The predicted octanol–water partition coefficient (Wildman–Crippen LogP) is 4.25. The van der Waals surface area contributed by atoms with Gasteiger partial charge in [-0.15, -0.1) is 11.8 Å². The maximum absolute atomic E-state index is 11.9. The number of aryl methyl sites for hydroxylation is 1. The second-order valence-corrected chi connectivity index (χ2v) is 6.96. The highest BCUT2D eigenvalue weighted by Gasteiger charge is 2.06. The van der Waals surface area contributed by atoms with E-state index >= 15 is 0 Å². The van der Waals surface area contributed by atoms with Crippen LogP contribution in [0.1, 0.15) is 16.7 Å². The van der Waals surface area contributed by atoms with Gasteiger partial charge in [0.05, 0.1) is 12.9 Å². The lowest BCUT2D eigenvalue weighted by atomic mass is 10.1. The molecule has 128 valence electrons. The number of hydrogen-bond acceptors (Lipinski definition) is 3. The van der Waals surface area contributed by atoms with Crippen LogP contribution < -0.4 is 10.1 Å². The Bertz CT molecular complexity index is 674. The molecule has 0 fully saturated rings. The average molecular weight is 364 g/mol. The smallest absolute Gasteiger partial charge is 0.230 e. The number of benzene rings is 2. The normalized spacial score (nSPS) is 10.5. The van der Waals surface area contributed by atoms with E-state index in [1.54, 1.807) is 18.9 Å². The van der Waals surface area contributed by atoms with Crippen LogP contribution in [0.2, 0.25) is 5.02 Å². The van der Waals surface area contributed by atoms with Gasteiger partial charge in [0.25, 0.3) is 0 Å². The minimum Gasteiger partial charge on any atom is -0.496 e. The maximum atomic E-state index is 11.9. The van der Waals surface area contributed by atoms with Crippen molar-refractivity contribution in [2.75, 3.05) is 19.4 Å². The second kappa shape index (κ2) is 9.60. The Morgan fingerprint density at radius 3 is 2.67 bits per heavy atom. The first-order valence-corrected chi connectivity index (χ1v) is 9.34. The number of hydrogen-bond donors (Lipinski definition) is 1. The van der Waals surface area contributed by atoms with Crippen LogP contribution in [0.3, 0.4) is 0 Å². The van der Waals surface area contributed by atoms with Crippen molar-refractivity contribution in [3.8, 4) is 5.75 Å². The maximum Gasteiger partial charge on any atom is 0.230 e. The summed E-state index contributed by atoms with van der Waals surface area (Å²) < 4.78 is 5.36. The summed E-state index contributed by atoms with van der Waals surface area (Å²) in [6.45, 7) is 2.69. The van der Waals surface area contributed by atoms with Crippen molar-refractivity contribution in [1.29, 1.82) is 0 Å². The molecule has 2 aromatic rings. The molecular formula is C19H22ClNO2S. The van der Waals surface area contributed by atoms with Crippen LogP contribution in [0.25, 0.3) is 0 Å². The molecule has 0 heterocycles. The first kappa shape index (κ1) is 18.7. The van der Waals surface area contributed by atoms with E-state index in [2.05, 4.69) is 18.3 Å². The summed E-state index contributed by atoms with van der Waals surface area (Å²) in [5.41, 5.74) is 3.48. The van der Waals surface area contributed by atoms with Crippen molar-refractivity contribution in [2.45, 2.75) is 19.1 Å². The zero-order valence-corrected chi connectivity index (χ0v) is 15.5. The predicted molar refractivity (Wildman–Crippen MR) is 102 cm³/mol. The van der Waals surface area contributed by atoms with Gasteiger partial charge in [-0.1, -0.05) is 41.4 Å². The summed E-state index contributed by atoms with van der Waals surface area (Å²) >= 11 is 7.45. The van der Waals surface area contributed by atoms with E-state index in [9.17, 15) is 4.79 Å². The Morgan fingerprint density at radius 1 is 1.21 bits per heavy atom. The van der Waals surface area contributed by atoms with Crippen LogP contribution >= 0.6 is 23.4 Å². The van der Waals surface area contributed by atoms with Crippen LogP contribution in [-0.4, -0.2) is 25.3 Å². The van der Waals surface area contributed by atoms with Gasteiger partial charge in [0.15, 0.2) is 0 Å². The fraction of sp³-hybridized carbons (Fsp3) is 0.316. The van der Waals surface area contributed by atoms with Gasteiger partial charge in [-0.05, 0) is 37.1 Å². The lowest BCUT2D eigenvalue weighted by molar-refractivity contribution is -0.118. The van der Waals surface area contributed by atoms with E-state index in [4.69, 9.17) is 16.3 Å². The van der Waals surface area contributed by atoms with Crippen LogP contribution in [0.15, 0.2) is 42.5 Å². The fourth-order valence-electron chi connectivity index (χ4n) is 2.32. The summed E-state index contributed by atoms with van der Waals surface area (Å²) in [5.74, 6) is 2.13. The molecule has 0 spiro atoms. The van der Waals surface area contributed by atoms with Gasteiger partial charge in [0, 0.05) is 22.9 Å². The van der Waals surface area contributed by atoms with Crippen molar-refractivity contribution >= 4 is 29.3 Å². The molecule has 0 aliphatic carbocycles. The number of rotatable bonds is 8. The molecule has 0 aliphatic rings. The van der Waals surface area contributed by atoms with Crippen LogP contribution in [-0.2, 0) is 17.0 Å². The lowest BCUT2D eigenvalue weighted by Crippen LogP contribution is -2.27. The van der Waals surface area contributed by atoms with E-state index in [1.165, 1.54) is 5.56 Å². The van der Waals surface area contributed by atoms with Gasteiger partial charge in [-0.3, -0.25) is 4.79 Å². The lowest BCUT2D eigenvalue weighted by Gasteiger charge is -2.09. The molecule has 0 aliphatic heterocycles. The molecule has 1 N–H and O–H groups in total. The Kier molecular flexibility index (Phi) is 7.47. The van der Waals surface area contributed by atoms with Crippen molar-refractivity contribution in [3.05, 3.63) is 64.2 Å². The highest BCUT2D eigenvalue weighted by atomic mass is 35.5. The number of nitrogens with one attached hydrogen (secondary N) is 1. The number of methoxy groups -OCH3 is 1. The Labute approximate surface area is 152 Å². The number of halogens is 1. The van der Waals surface area contributed by atoms with Crippen molar-refractivity contribution < 1.29 is 9.53 Å². The third kappa shape index (κ3) is 6.10. The standard InChI is InChI=1S/C19H22ClNO2S/c1-14-3-8-18(23-2)16(11-14)12-24-13-19(22)21-10-9-15-4-6-17(20)7-5-15/h3-8,11H,9-10,12-13H2,1-2H3,(H,21,22). The third-order valence-corrected chi connectivity index (χ3v) is 4.81. The minimum atomic E-state index is 0.0561. The van der Waals surface area contributed by atoms with Crippen LogP contribution in [0.4, 0.5) is 0 Å². The fourth-order valence-corrected chi connectivity index (χ4v) is 3.28. The number of carbonyl (C=O) groups is 1. The zero-order valence-electron chi connectivity index (χ0n) is 14.0. The summed E-state index contributed by atoms with van der Waals surface area (Å²) in [5, 5.41) is 3.68. The third-order valence-electron chi connectivity index (χ3n) is 3.58. The molecule has 0 radical (unpaired) electrons. The van der Waals surface area contributed by atoms with E-state index in [1.807, 2.05) is 36.4 Å². The van der Waals surface area contributed by atoms with Crippen molar-refractivity contribution in [3.63, 3.8) is 0 Å². The summed E-state index contributed by atoms with van der Waals surface area (Å²) in [6, 6.07) is 13.8. The van der Waals surface area contributed by atoms with Gasteiger partial charge in [-0.25, -0.2) is 0 Å². The molecule has 0 atom stereocenters. The monoisotopic (exact) mass is 363 g/mol. The van der Waals surface area contributed by atoms with Crippen LogP contribution in [0, 0.1) is 6.92 Å². The first-order valence-electron chi connectivity index (χ1n) is 7.81. The number of amides is 1. The molecule has 0 bridgehead atoms. The molecule has 0 saturated heterocycles. The largest absolute Gasteiger partial charge is 0.496 e. The Morgan fingerprint density at radius 2 is 1.96 bits per heavy atom. The number of carbonyl (C=O) groups excluding carboxylic acids is 1. The van der Waals surface area contributed by atoms with E-state index in [0.29, 0.717) is 12.3 Å². The summed E-state index contributed by atoms with van der Waals surface area (Å²) in [4.78, 5) is 11.9. The topological polar surface area (TPSA) is 38.3 Å². The van der Waals surface area contributed by atoms with E-state index < -0.39 is 0 Å². The van der Waals surface area contributed by atoms with E-state index in [-0.39, 0.29) is 5.91 Å². The zero-order chi connectivity index (χ0) is 17.4. The van der Waals surface area contributed by atoms with Gasteiger partial charge >= 0.3 is 0 Å². The number of thioether (sulfide) groups is 1. The molecule has 2 rings (SSSR count). The Hall–Kier alpha value is -1.65. The van der Waals surface area contributed by atoms with Crippen LogP contribution in [0.5, 0.6) is 5.75 Å². The molecule has 5 heteroatoms. The molecule has 0 aromatic heterocycles. The molecule has 2 aromatic carbocycles. The van der Waals surface area contributed by atoms with Gasteiger partial charge < -0.3 is 10.1 Å². The molecule has 24 heavy (non-hydrogen) atoms.